The van der Waals surface area contributed by atoms with Crippen molar-refractivity contribution in [2.45, 2.75) is 329 Å². The Labute approximate surface area is 492 Å². The van der Waals surface area contributed by atoms with Crippen LogP contribution in [-0.4, -0.2) is 96.7 Å². The number of aliphatic hydroxyl groups is 1. The van der Waals surface area contributed by atoms with Gasteiger partial charge in [0.25, 0.3) is 0 Å². The summed E-state index contributed by atoms with van der Waals surface area (Å²) >= 11 is 0. The lowest BCUT2D eigenvalue weighted by Gasteiger charge is -2.21. The minimum atomic E-state index is -4.94. The van der Waals surface area contributed by atoms with E-state index in [1.54, 1.807) is 0 Å². The van der Waals surface area contributed by atoms with Crippen molar-refractivity contribution >= 4 is 39.5 Å². The van der Waals surface area contributed by atoms with Crippen molar-refractivity contribution in [3.8, 4) is 0 Å². The molecular formula is C62H120O17P2. The third-order valence-electron chi connectivity index (χ3n) is 14.3. The standard InChI is InChI=1S/C62H120O17P2/c1-6-9-12-15-18-31-36-41-46-60(65)73-52-58(79-62(67)48-43-38-33-28-26-24-22-20-21-23-25-27-30-34-39-44-55(4)5)54-77-81(70,71)75-50-56(63)49-74-80(68,69)76-53-57(51-72-59(64)45-40-35-29-17-14-11-8-3)78-61(66)47-42-37-32-19-16-13-10-7-2/h55-58,63H,6-54H2,1-5H3,(H,68,69)(H,70,71)/t56-,57+,58+/m0/s1. The summed E-state index contributed by atoms with van der Waals surface area (Å²) in [5, 5.41) is 10.5. The van der Waals surface area contributed by atoms with Crippen LogP contribution in [0.2, 0.25) is 0 Å². The van der Waals surface area contributed by atoms with Crippen LogP contribution in [0.1, 0.15) is 311 Å². The first-order valence-electron chi connectivity index (χ1n) is 32.6. The fourth-order valence-electron chi connectivity index (χ4n) is 9.23. The Morgan fingerprint density at radius 2 is 0.568 bits per heavy atom. The second-order valence-electron chi connectivity index (χ2n) is 22.9. The predicted molar refractivity (Wildman–Crippen MR) is 322 cm³/mol. The van der Waals surface area contributed by atoms with Crippen LogP contribution < -0.4 is 0 Å². The number of carbonyl (C=O) groups excluding carboxylic acids is 4. The number of rotatable bonds is 62. The van der Waals surface area contributed by atoms with Crippen LogP contribution in [0.15, 0.2) is 0 Å². The number of phosphoric ester groups is 2. The fraction of sp³-hybridized carbons (Fsp3) is 0.935. The lowest BCUT2D eigenvalue weighted by molar-refractivity contribution is -0.161. The molecule has 0 aromatic heterocycles. The molecule has 0 spiro atoms. The average Bonchev–Trinajstić information content (AvgIpc) is 3.43. The van der Waals surface area contributed by atoms with Gasteiger partial charge < -0.3 is 33.8 Å². The first-order chi connectivity index (χ1) is 39.0. The number of aliphatic hydroxyl groups excluding tert-OH is 1. The van der Waals surface area contributed by atoms with E-state index >= 15 is 0 Å². The van der Waals surface area contributed by atoms with E-state index in [0.29, 0.717) is 25.7 Å². The van der Waals surface area contributed by atoms with Gasteiger partial charge in [0.1, 0.15) is 19.3 Å². The summed E-state index contributed by atoms with van der Waals surface area (Å²) in [5.74, 6) is -1.34. The summed E-state index contributed by atoms with van der Waals surface area (Å²) in [6.07, 6.45) is 39.2. The van der Waals surface area contributed by atoms with Gasteiger partial charge in [-0.2, -0.15) is 0 Å². The van der Waals surface area contributed by atoms with Gasteiger partial charge in [-0.05, 0) is 31.6 Å². The third-order valence-corrected chi connectivity index (χ3v) is 16.2. The molecule has 19 heteroatoms. The predicted octanol–water partition coefficient (Wildman–Crippen LogP) is 17.0. The second-order valence-corrected chi connectivity index (χ2v) is 25.8. The fourth-order valence-corrected chi connectivity index (χ4v) is 10.8. The summed E-state index contributed by atoms with van der Waals surface area (Å²) in [5.41, 5.74) is 0. The van der Waals surface area contributed by atoms with Crippen LogP contribution >= 0.6 is 15.6 Å². The van der Waals surface area contributed by atoms with Crippen LogP contribution in [0.25, 0.3) is 0 Å². The molecule has 17 nitrogen and oxygen atoms in total. The topological polar surface area (TPSA) is 237 Å². The minimum Gasteiger partial charge on any atom is -0.462 e. The van der Waals surface area contributed by atoms with Gasteiger partial charge in [0.15, 0.2) is 12.2 Å². The maximum atomic E-state index is 12.9. The van der Waals surface area contributed by atoms with Crippen molar-refractivity contribution in [2.24, 2.45) is 5.92 Å². The van der Waals surface area contributed by atoms with E-state index in [9.17, 15) is 43.2 Å². The Hall–Kier alpha value is -1.94. The van der Waals surface area contributed by atoms with E-state index in [2.05, 4.69) is 34.6 Å². The molecule has 0 bridgehead atoms. The molecule has 0 saturated carbocycles. The van der Waals surface area contributed by atoms with Gasteiger partial charge in [-0.15, -0.1) is 0 Å². The van der Waals surface area contributed by atoms with Gasteiger partial charge in [-0.3, -0.25) is 37.3 Å². The zero-order valence-corrected chi connectivity index (χ0v) is 53.7. The zero-order valence-electron chi connectivity index (χ0n) is 51.9. The van der Waals surface area contributed by atoms with E-state index in [4.69, 9.17) is 37.0 Å². The SMILES string of the molecule is CCCCCCCCCCC(=O)OC[C@H](COP(=O)(O)OC[C@@H](O)COP(=O)(O)OC[C@@H](COC(=O)CCCCCCCCC)OC(=O)CCCCCCCCCC)OC(=O)CCCCCCCCCCCCCCCCCC(C)C. The molecule has 3 N–H and O–H groups in total. The minimum absolute atomic E-state index is 0.105. The first kappa shape index (κ1) is 79.1. The van der Waals surface area contributed by atoms with E-state index < -0.39 is 97.5 Å². The van der Waals surface area contributed by atoms with Crippen LogP contribution in [0.3, 0.4) is 0 Å². The van der Waals surface area contributed by atoms with E-state index in [-0.39, 0.29) is 25.7 Å². The van der Waals surface area contributed by atoms with Crippen molar-refractivity contribution in [1.82, 2.24) is 0 Å². The Morgan fingerprint density at radius 1 is 0.333 bits per heavy atom. The molecule has 0 fully saturated rings. The number of carbonyl (C=O) groups is 4. The summed E-state index contributed by atoms with van der Waals surface area (Å²) < 4.78 is 67.7. The van der Waals surface area contributed by atoms with Gasteiger partial charge in [0.05, 0.1) is 26.4 Å². The molecule has 0 aliphatic rings. The maximum absolute atomic E-state index is 12.9. The molecule has 0 aromatic rings. The number of hydrogen-bond acceptors (Lipinski definition) is 15. The highest BCUT2D eigenvalue weighted by atomic mass is 31.2. The average molecular weight is 1200 g/mol. The summed E-state index contributed by atoms with van der Waals surface area (Å²) in [6, 6.07) is 0. The Balaban J connectivity index is 5.11. The van der Waals surface area contributed by atoms with Crippen molar-refractivity contribution in [3.63, 3.8) is 0 Å². The number of unbranched alkanes of at least 4 members (excludes halogenated alkanes) is 34. The van der Waals surface area contributed by atoms with Gasteiger partial charge in [-0.1, -0.05) is 259 Å². The molecule has 0 amide bonds. The van der Waals surface area contributed by atoms with Crippen LogP contribution in [-0.2, 0) is 65.4 Å². The normalized spacial score (nSPS) is 14.3. The van der Waals surface area contributed by atoms with Crippen LogP contribution in [0, 0.1) is 5.92 Å². The monoisotopic (exact) mass is 1200 g/mol. The molecule has 0 heterocycles. The quantitative estimate of drug-likeness (QED) is 0.0222. The summed E-state index contributed by atoms with van der Waals surface area (Å²) in [7, 11) is -9.87. The van der Waals surface area contributed by atoms with Crippen molar-refractivity contribution in [2.75, 3.05) is 39.6 Å². The molecular weight excluding hydrogens is 1080 g/mol. The Kier molecular flexibility index (Phi) is 54.6. The number of phosphoric acid groups is 2. The maximum Gasteiger partial charge on any atom is 0.472 e. The molecule has 0 rings (SSSR count). The second kappa shape index (κ2) is 55.9. The van der Waals surface area contributed by atoms with Crippen LogP contribution in [0.5, 0.6) is 0 Å². The van der Waals surface area contributed by atoms with Gasteiger partial charge in [-0.25, -0.2) is 9.13 Å². The lowest BCUT2D eigenvalue weighted by atomic mass is 10.0. The van der Waals surface area contributed by atoms with Crippen molar-refractivity contribution in [1.29, 1.82) is 0 Å². The molecule has 0 radical (unpaired) electrons. The number of hydrogen-bond donors (Lipinski definition) is 3. The summed E-state index contributed by atoms with van der Waals surface area (Å²) in [4.78, 5) is 71.8. The van der Waals surface area contributed by atoms with Gasteiger partial charge in [0.2, 0.25) is 0 Å². The molecule has 5 atom stereocenters. The largest absolute Gasteiger partial charge is 0.472 e. The smallest absolute Gasteiger partial charge is 0.462 e. The first-order valence-corrected chi connectivity index (χ1v) is 35.6. The molecule has 0 aromatic carbocycles. The summed E-state index contributed by atoms with van der Waals surface area (Å²) in [6.45, 7) is 7.11. The highest BCUT2D eigenvalue weighted by Gasteiger charge is 2.30. The van der Waals surface area contributed by atoms with E-state index in [0.717, 1.165) is 121 Å². The Morgan fingerprint density at radius 3 is 0.840 bits per heavy atom. The highest BCUT2D eigenvalue weighted by molar-refractivity contribution is 7.47. The van der Waals surface area contributed by atoms with Gasteiger partial charge in [0, 0.05) is 25.7 Å². The van der Waals surface area contributed by atoms with Crippen molar-refractivity contribution < 1.29 is 80.2 Å². The molecule has 81 heavy (non-hydrogen) atoms. The van der Waals surface area contributed by atoms with Crippen LogP contribution in [0.4, 0.5) is 0 Å². The zero-order chi connectivity index (χ0) is 59.9. The highest BCUT2D eigenvalue weighted by Crippen LogP contribution is 2.45. The lowest BCUT2D eigenvalue weighted by Crippen LogP contribution is -2.30. The molecule has 0 saturated heterocycles. The Bertz CT molecular complexity index is 1580. The molecule has 2 unspecified atom stereocenters. The molecule has 0 aliphatic carbocycles. The molecule has 480 valence electrons. The van der Waals surface area contributed by atoms with E-state index in [1.807, 2.05) is 0 Å². The van der Waals surface area contributed by atoms with E-state index in [1.165, 1.54) is 109 Å². The van der Waals surface area contributed by atoms with Gasteiger partial charge >= 0.3 is 39.5 Å². The molecule has 0 aliphatic heterocycles. The van der Waals surface area contributed by atoms with Crippen molar-refractivity contribution in [3.05, 3.63) is 0 Å². The third kappa shape index (κ3) is 56.9. The number of ether oxygens (including phenoxy) is 4. The number of esters is 4.